The Morgan fingerprint density at radius 1 is 1.10 bits per heavy atom. The van der Waals surface area contributed by atoms with E-state index in [0.717, 1.165) is 23.5 Å². The first-order valence-corrected chi connectivity index (χ1v) is 6.38. The van der Waals surface area contributed by atoms with Gasteiger partial charge in [0.25, 0.3) is 0 Å². The zero-order valence-electron chi connectivity index (χ0n) is 11.8. The molecule has 0 radical (unpaired) electrons. The van der Waals surface area contributed by atoms with Crippen molar-refractivity contribution in [2.45, 2.75) is 6.54 Å². The van der Waals surface area contributed by atoms with Crippen LogP contribution in [0.5, 0.6) is 5.75 Å². The van der Waals surface area contributed by atoms with E-state index in [1.54, 1.807) is 7.11 Å². The Morgan fingerprint density at radius 2 is 1.70 bits per heavy atom. The van der Waals surface area contributed by atoms with Gasteiger partial charge < -0.3 is 15.4 Å². The van der Waals surface area contributed by atoms with Crippen LogP contribution < -0.4 is 15.4 Å². The van der Waals surface area contributed by atoms with Crippen molar-refractivity contribution in [3.05, 3.63) is 59.7 Å². The van der Waals surface area contributed by atoms with Gasteiger partial charge in [-0.25, -0.2) is 0 Å². The number of nitrogen functional groups attached to an aromatic ring is 1. The molecule has 0 aliphatic rings. The summed E-state index contributed by atoms with van der Waals surface area (Å²) in [6.45, 7) is 0.809. The number of ether oxygens (including phenoxy) is 1. The zero-order chi connectivity index (χ0) is 14.5. The molecule has 0 heterocycles. The molecule has 4 nitrogen and oxygen atoms in total. The summed E-state index contributed by atoms with van der Waals surface area (Å²) in [5.74, 6) is 0.955. The molecule has 4 heteroatoms. The van der Waals surface area contributed by atoms with Gasteiger partial charge >= 0.3 is 0 Å². The molecule has 104 valence electrons. The molecule has 20 heavy (non-hydrogen) atoms. The number of hydrogen-bond acceptors (Lipinski definition) is 3. The minimum absolute atomic E-state index is 0.0920. The summed E-state index contributed by atoms with van der Waals surface area (Å²) >= 11 is 0. The molecule has 0 saturated carbocycles. The normalized spacial score (nSPS) is 10.1. The van der Waals surface area contributed by atoms with Crippen LogP contribution in [0.1, 0.15) is 11.1 Å². The van der Waals surface area contributed by atoms with E-state index in [4.69, 9.17) is 15.9 Å². The number of methoxy groups -OCH3 is 1. The third kappa shape index (κ3) is 3.29. The fourth-order valence-electron chi connectivity index (χ4n) is 1.99. The third-order valence-corrected chi connectivity index (χ3v) is 3.20. The molecule has 3 N–H and O–H groups in total. The van der Waals surface area contributed by atoms with E-state index in [9.17, 15) is 0 Å². The third-order valence-electron chi connectivity index (χ3n) is 3.20. The number of nitrogens with zero attached hydrogens (tertiary/aromatic N) is 1. The summed E-state index contributed by atoms with van der Waals surface area (Å²) in [6, 6.07) is 15.7. The fourth-order valence-corrected chi connectivity index (χ4v) is 1.99. The van der Waals surface area contributed by atoms with Gasteiger partial charge in [-0.1, -0.05) is 12.1 Å². The van der Waals surface area contributed by atoms with Gasteiger partial charge in [0, 0.05) is 24.8 Å². The van der Waals surface area contributed by atoms with Crippen LogP contribution in [0.4, 0.5) is 5.69 Å². The van der Waals surface area contributed by atoms with E-state index in [0.29, 0.717) is 0 Å². The lowest BCUT2D eigenvalue weighted by Gasteiger charge is -2.19. The van der Waals surface area contributed by atoms with Gasteiger partial charge in [-0.05, 0) is 42.0 Å². The Morgan fingerprint density at radius 3 is 2.20 bits per heavy atom. The molecule has 0 aliphatic carbocycles. The maximum atomic E-state index is 7.38. The molecular weight excluding hydrogens is 250 g/mol. The van der Waals surface area contributed by atoms with Crippen LogP contribution in [0.25, 0.3) is 0 Å². The van der Waals surface area contributed by atoms with E-state index in [1.165, 1.54) is 5.56 Å². The number of amidine groups is 1. The van der Waals surface area contributed by atoms with Crippen molar-refractivity contribution in [3.63, 3.8) is 0 Å². The highest BCUT2D eigenvalue weighted by Gasteiger charge is 2.03. The quantitative estimate of drug-likeness (QED) is 0.648. The Hall–Kier alpha value is -2.49. The van der Waals surface area contributed by atoms with Gasteiger partial charge in [-0.15, -0.1) is 0 Å². The van der Waals surface area contributed by atoms with E-state index < -0.39 is 0 Å². The summed E-state index contributed by atoms with van der Waals surface area (Å²) < 4.78 is 5.15. The zero-order valence-corrected chi connectivity index (χ0v) is 11.8. The lowest BCUT2D eigenvalue weighted by atomic mass is 10.1. The largest absolute Gasteiger partial charge is 0.497 e. The second kappa shape index (κ2) is 6.10. The van der Waals surface area contributed by atoms with Crippen molar-refractivity contribution in [2.75, 3.05) is 19.1 Å². The number of benzene rings is 2. The lowest BCUT2D eigenvalue weighted by Crippen LogP contribution is -2.17. The monoisotopic (exact) mass is 269 g/mol. The second-order valence-corrected chi connectivity index (χ2v) is 4.66. The van der Waals surface area contributed by atoms with Crippen molar-refractivity contribution in [3.8, 4) is 5.75 Å². The number of anilines is 1. The molecule has 2 aromatic rings. The summed E-state index contributed by atoms with van der Waals surface area (Å²) in [5, 5.41) is 7.38. The molecule has 0 spiro atoms. The highest BCUT2D eigenvalue weighted by atomic mass is 16.5. The first-order chi connectivity index (χ1) is 9.60. The molecule has 0 saturated heterocycles. The van der Waals surface area contributed by atoms with Gasteiger partial charge in [-0.2, -0.15) is 0 Å². The van der Waals surface area contributed by atoms with Crippen LogP contribution in [0.15, 0.2) is 48.5 Å². The Bertz CT molecular complexity index is 576. The highest BCUT2D eigenvalue weighted by Crippen LogP contribution is 2.18. The highest BCUT2D eigenvalue weighted by molar-refractivity contribution is 5.95. The summed E-state index contributed by atoms with van der Waals surface area (Å²) in [6.07, 6.45) is 0. The Labute approximate surface area is 119 Å². The van der Waals surface area contributed by atoms with Crippen molar-refractivity contribution >= 4 is 11.5 Å². The number of nitrogens with one attached hydrogen (secondary N) is 1. The number of hydrogen-bond donors (Lipinski definition) is 2. The first-order valence-electron chi connectivity index (χ1n) is 6.38. The maximum Gasteiger partial charge on any atom is 0.122 e. The second-order valence-electron chi connectivity index (χ2n) is 4.66. The van der Waals surface area contributed by atoms with E-state index >= 15 is 0 Å². The number of nitrogens with two attached hydrogens (primary N) is 1. The minimum atomic E-state index is 0.0920. The van der Waals surface area contributed by atoms with Gasteiger partial charge in [0.2, 0.25) is 0 Å². The fraction of sp³-hybridized carbons (Fsp3) is 0.188. The van der Waals surface area contributed by atoms with Crippen LogP contribution >= 0.6 is 0 Å². The predicted octanol–water partition coefficient (Wildman–Crippen LogP) is 2.62. The van der Waals surface area contributed by atoms with Gasteiger partial charge in [-0.3, -0.25) is 5.41 Å². The average molecular weight is 269 g/mol. The van der Waals surface area contributed by atoms with Gasteiger partial charge in [0.1, 0.15) is 11.6 Å². The standard InChI is InChI=1S/C16H19N3O/c1-19(11-12-3-9-15(20-2)10-4-12)14-7-5-13(6-8-14)16(17)18/h3-10H,11H2,1-2H3,(H3,17,18). The van der Waals surface area contributed by atoms with E-state index in [2.05, 4.69) is 17.0 Å². The molecule has 0 fully saturated rings. The summed E-state index contributed by atoms with van der Waals surface area (Å²) in [5.41, 5.74) is 8.49. The molecule has 0 atom stereocenters. The molecular formula is C16H19N3O. The molecule has 2 aromatic carbocycles. The smallest absolute Gasteiger partial charge is 0.122 e. The van der Waals surface area contributed by atoms with Crippen LogP contribution in [-0.4, -0.2) is 20.0 Å². The van der Waals surface area contributed by atoms with Crippen molar-refractivity contribution in [2.24, 2.45) is 5.73 Å². The van der Waals surface area contributed by atoms with Crippen LogP contribution in [0.2, 0.25) is 0 Å². The van der Waals surface area contributed by atoms with Gasteiger partial charge in [0.15, 0.2) is 0 Å². The summed E-state index contributed by atoms with van der Waals surface area (Å²) in [7, 11) is 3.70. The van der Waals surface area contributed by atoms with Gasteiger partial charge in [0.05, 0.1) is 7.11 Å². The molecule has 0 aromatic heterocycles. The van der Waals surface area contributed by atoms with Crippen LogP contribution in [0.3, 0.4) is 0 Å². The van der Waals surface area contributed by atoms with E-state index in [-0.39, 0.29) is 5.84 Å². The Balaban J connectivity index is 2.06. The van der Waals surface area contributed by atoms with Crippen LogP contribution in [-0.2, 0) is 6.54 Å². The predicted molar refractivity (Wildman–Crippen MR) is 82.6 cm³/mol. The SMILES string of the molecule is COc1ccc(CN(C)c2ccc(C(=N)N)cc2)cc1. The minimum Gasteiger partial charge on any atom is -0.497 e. The Kier molecular flexibility index (Phi) is 4.25. The molecule has 0 unspecified atom stereocenters. The first kappa shape index (κ1) is 13.9. The molecule has 2 rings (SSSR count). The van der Waals surface area contributed by atoms with E-state index in [1.807, 2.05) is 43.4 Å². The van der Waals surface area contributed by atoms with Crippen molar-refractivity contribution in [1.82, 2.24) is 0 Å². The lowest BCUT2D eigenvalue weighted by molar-refractivity contribution is 0.414. The van der Waals surface area contributed by atoms with Crippen LogP contribution in [0, 0.1) is 5.41 Å². The summed E-state index contributed by atoms with van der Waals surface area (Å²) in [4.78, 5) is 2.14. The van der Waals surface area contributed by atoms with Crippen molar-refractivity contribution < 1.29 is 4.74 Å². The molecule has 0 aliphatic heterocycles. The van der Waals surface area contributed by atoms with Crippen molar-refractivity contribution in [1.29, 1.82) is 5.41 Å². The molecule has 0 amide bonds. The number of rotatable bonds is 5. The topological polar surface area (TPSA) is 62.3 Å². The molecule has 0 bridgehead atoms. The average Bonchev–Trinajstić information content (AvgIpc) is 2.48. The maximum absolute atomic E-state index is 7.38.